The first-order valence-corrected chi connectivity index (χ1v) is 7.07. The number of nitrogens with one attached hydrogen (secondary N) is 2. The van der Waals surface area contributed by atoms with Crippen molar-refractivity contribution < 1.29 is 9.53 Å². The van der Waals surface area contributed by atoms with Crippen molar-refractivity contribution in [3.05, 3.63) is 53.5 Å². The number of carbonyl (C=O) groups is 1. The minimum Gasteiger partial charge on any atom is -0.383 e. The van der Waals surface area contributed by atoms with Crippen molar-refractivity contribution >= 4 is 11.7 Å². The second-order valence-electron chi connectivity index (χ2n) is 4.88. The normalized spacial score (nSPS) is 10.3. The van der Waals surface area contributed by atoms with Gasteiger partial charge in [-0.25, -0.2) is 9.97 Å². The van der Waals surface area contributed by atoms with Crippen LogP contribution in [-0.4, -0.2) is 36.1 Å². The Labute approximate surface area is 129 Å². The lowest BCUT2D eigenvalue weighted by Crippen LogP contribution is -2.27. The summed E-state index contributed by atoms with van der Waals surface area (Å²) in [5.74, 6) is 0.381. The van der Waals surface area contributed by atoms with Crippen LogP contribution in [0.5, 0.6) is 0 Å². The van der Waals surface area contributed by atoms with Gasteiger partial charge in [-0.1, -0.05) is 29.8 Å². The highest BCUT2D eigenvalue weighted by atomic mass is 16.5. The first-order valence-electron chi connectivity index (χ1n) is 7.07. The van der Waals surface area contributed by atoms with Gasteiger partial charge >= 0.3 is 0 Å². The quantitative estimate of drug-likeness (QED) is 0.762. The van der Waals surface area contributed by atoms with Crippen molar-refractivity contribution in [2.24, 2.45) is 0 Å². The number of anilines is 1. The summed E-state index contributed by atoms with van der Waals surface area (Å²) in [6, 6.07) is 9.85. The maximum absolute atomic E-state index is 11.9. The Balaban J connectivity index is 1.95. The van der Waals surface area contributed by atoms with Crippen LogP contribution in [0.2, 0.25) is 0 Å². The molecule has 0 aliphatic heterocycles. The molecule has 0 unspecified atom stereocenters. The van der Waals surface area contributed by atoms with E-state index in [9.17, 15) is 4.79 Å². The van der Waals surface area contributed by atoms with E-state index in [-0.39, 0.29) is 5.91 Å². The Kier molecular flexibility index (Phi) is 5.85. The first-order chi connectivity index (χ1) is 10.7. The zero-order valence-corrected chi connectivity index (χ0v) is 12.8. The molecule has 0 radical (unpaired) electrons. The van der Waals surface area contributed by atoms with Crippen LogP contribution in [0.4, 0.5) is 5.82 Å². The fraction of sp³-hybridized carbons (Fsp3) is 0.312. The molecule has 1 aromatic heterocycles. The molecule has 0 bridgehead atoms. The summed E-state index contributed by atoms with van der Waals surface area (Å²) < 4.78 is 4.89. The second kappa shape index (κ2) is 8.09. The van der Waals surface area contributed by atoms with E-state index >= 15 is 0 Å². The molecular weight excluding hydrogens is 280 g/mol. The van der Waals surface area contributed by atoms with Crippen LogP contribution in [0, 0.1) is 6.92 Å². The largest absolute Gasteiger partial charge is 0.383 e. The van der Waals surface area contributed by atoms with Crippen molar-refractivity contribution in [2.45, 2.75) is 13.5 Å². The van der Waals surface area contributed by atoms with Crippen molar-refractivity contribution in [1.29, 1.82) is 0 Å². The fourth-order valence-electron chi connectivity index (χ4n) is 1.95. The number of aryl methyl sites for hydroxylation is 1. The Morgan fingerprint density at radius 3 is 2.91 bits per heavy atom. The van der Waals surface area contributed by atoms with Gasteiger partial charge in [0.05, 0.1) is 6.61 Å². The highest BCUT2D eigenvalue weighted by Crippen LogP contribution is 2.08. The average molecular weight is 300 g/mol. The van der Waals surface area contributed by atoms with Crippen LogP contribution in [0.15, 0.2) is 36.7 Å². The minimum absolute atomic E-state index is 0.238. The van der Waals surface area contributed by atoms with Crippen LogP contribution in [0.3, 0.4) is 0 Å². The molecule has 0 saturated carbocycles. The highest BCUT2D eigenvalue weighted by Gasteiger charge is 2.08. The molecule has 0 aliphatic carbocycles. The van der Waals surface area contributed by atoms with Gasteiger partial charge in [-0.05, 0) is 12.5 Å². The number of nitrogens with zero attached hydrogens (tertiary/aromatic N) is 2. The predicted molar refractivity (Wildman–Crippen MR) is 84.7 cm³/mol. The van der Waals surface area contributed by atoms with Crippen LogP contribution >= 0.6 is 0 Å². The lowest BCUT2D eigenvalue weighted by molar-refractivity contribution is 0.0932. The lowest BCUT2D eigenvalue weighted by Gasteiger charge is -2.08. The van der Waals surface area contributed by atoms with E-state index in [0.29, 0.717) is 31.2 Å². The molecule has 1 amide bonds. The number of aromatic nitrogens is 2. The molecule has 2 rings (SSSR count). The Morgan fingerprint density at radius 2 is 2.14 bits per heavy atom. The number of methoxy groups -OCH3 is 1. The zero-order valence-electron chi connectivity index (χ0n) is 12.8. The third kappa shape index (κ3) is 4.82. The maximum atomic E-state index is 11.9. The van der Waals surface area contributed by atoms with Gasteiger partial charge in [-0.3, -0.25) is 4.79 Å². The van der Waals surface area contributed by atoms with Crippen molar-refractivity contribution in [2.75, 3.05) is 25.6 Å². The summed E-state index contributed by atoms with van der Waals surface area (Å²) in [7, 11) is 1.59. The number of rotatable bonds is 7. The molecule has 0 atom stereocenters. The average Bonchev–Trinajstić information content (AvgIpc) is 2.53. The topological polar surface area (TPSA) is 76.1 Å². The number of ether oxygens (including phenoxy) is 1. The third-order valence-electron chi connectivity index (χ3n) is 3.05. The Hall–Kier alpha value is -2.47. The molecule has 6 heteroatoms. The molecule has 0 saturated heterocycles. The number of benzene rings is 1. The van der Waals surface area contributed by atoms with E-state index in [1.165, 1.54) is 11.9 Å². The third-order valence-corrected chi connectivity index (χ3v) is 3.05. The SMILES string of the molecule is COCCNC(=O)c1cc(NCc2cccc(C)c2)ncn1. The molecule has 22 heavy (non-hydrogen) atoms. The standard InChI is InChI=1S/C16H20N4O2/c1-12-4-3-5-13(8-12)10-18-15-9-14(19-11-20-15)16(21)17-6-7-22-2/h3-5,8-9,11H,6-7,10H2,1-2H3,(H,17,21)(H,18,19,20). The van der Waals surface area contributed by atoms with Crippen LogP contribution in [0.25, 0.3) is 0 Å². The summed E-state index contributed by atoms with van der Waals surface area (Å²) in [6.45, 7) is 3.61. The summed E-state index contributed by atoms with van der Waals surface area (Å²) in [4.78, 5) is 20.0. The van der Waals surface area contributed by atoms with Crippen molar-refractivity contribution in [3.8, 4) is 0 Å². The maximum Gasteiger partial charge on any atom is 0.270 e. The predicted octanol–water partition coefficient (Wildman–Crippen LogP) is 1.77. The van der Waals surface area contributed by atoms with E-state index in [1.54, 1.807) is 13.2 Å². The van der Waals surface area contributed by atoms with Gasteiger partial charge in [0.1, 0.15) is 17.8 Å². The van der Waals surface area contributed by atoms with E-state index in [2.05, 4.69) is 39.7 Å². The van der Waals surface area contributed by atoms with E-state index in [0.717, 1.165) is 5.56 Å². The van der Waals surface area contributed by atoms with E-state index < -0.39 is 0 Å². The van der Waals surface area contributed by atoms with Gasteiger partial charge in [0.25, 0.3) is 5.91 Å². The van der Waals surface area contributed by atoms with Gasteiger partial charge < -0.3 is 15.4 Å². The number of hydrogen-bond donors (Lipinski definition) is 2. The lowest BCUT2D eigenvalue weighted by atomic mass is 10.1. The van der Waals surface area contributed by atoms with Crippen molar-refractivity contribution in [1.82, 2.24) is 15.3 Å². The number of hydrogen-bond acceptors (Lipinski definition) is 5. The first kappa shape index (κ1) is 15.9. The molecule has 0 spiro atoms. The molecule has 1 aromatic carbocycles. The summed E-state index contributed by atoms with van der Waals surface area (Å²) >= 11 is 0. The van der Waals surface area contributed by atoms with Gasteiger partial charge in [0.15, 0.2) is 0 Å². The fourth-order valence-corrected chi connectivity index (χ4v) is 1.95. The van der Waals surface area contributed by atoms with Crippen LogP contribution in [-0.2, 0) is 11.3 Å². The molecule has 6 nitrogen and oxygen atoms in total. The Bertz CT molecular complexity index is 631. The van der Waals surface area contributed by atoms with Gasteiger partial charge in [-0.15, -0.1) is 0 Å². The van der Waals surface area contributed by atoms with Gasteiger partial charge in [0, 0.05) is 26.3 Å². The van der Waals surface area contributed by atoms with Crippen molar-refractivity contribution in [3.63, 3.8) is 0 Å². The highest BCUT2D eigenvalue weighted by molar-refractivity contribution is 5.92. The van der Waals surface area contributed by atoms with Crippen LogP contribution in [0.1, 0.15) is 21.6 Å². The molecular formula is C16H20N4O2. The second-order valence-corrected chi connectivity index (χ2v) is 4.88. The van der Waals surface area contributed by atoms with Gasteiger partial charge in [0.2, 0.25) is 0 Å². The van der Waals surface area contributed by atoms with E-state index in [4.69, 9.17) is 4.74 Å². The number of amides is 1. The van der Waals surface area contributed by atoms with E-state index in [1.807, 2.05) is 12.1 Å². The molecule has 2 aromatic rings. The summed E-state index contributed by atoms with van der Waals surface area (Å²) in [6.07, 6.45) is 1.38. The molecule has 116 valence electrons. The molecule has 2 N–H and O–H groups in total. The molecule has 1 heterocycles. The summed E-state index contributed by atoms with van der Waals surface area (Å²) in [5.41, 5.74) is 2.70. The molecule has 0 fully saturated rings. The smallest absolute Gasteiger partial charge is 0.270 e. The monoisotopic (exact) mass is 300 g/mol. The zero-order chi connectivity index (χ0) is 15.8. The van der Waals surface area contributed by atoms with Crippen LogP contribution < -0.4 is 10.6 Å². The molecule has 0 aliphatic rings. The van der Waals surface area contributed by atoms with Gasteiger partial charge in [-0.2, -0.15) is 0 Å². The number of carbonyl (C=O) groups excluding carboxylic acids is 1. The summed E-state index contributed by atoms with van der Waals surface area (Å²) in [5, 5.41) is 5.92. The minimum atomic E-state index is -0.238. The Morgan fingerprint density at radius 1 is 1.27 bits per heavy atom.